The maximum atomic E-state index is 12.4. The van der Waals surface area contributed by atoms with Gasteiger partial charge in [-0.1, -0.05) is 34.6 Å². The van der Waals surface area contributed by atoms with E-state index in [1.165, 1.54) is 0 Å². The summed E-state index contributed by atoms with van der Waals surface area (Å²) >= 11 is 0. The zero-order valence-corrected chi connectivity index (χ0v) is 33.7. The Balaban J connectivity index is 1.17. The molecule has 2 spiro atoms. The highest BCUT2D eigenvalue weighted by Gasteiger charge is 2.84. The summed E-state index contributed by atoms with van der Waals surface area (Å²) in [7, 11) is 0. The maximum Gasteiger partial charge on any atom is 0.186 e. The first-order valence-corrected chi connectivity index (χ1v) is 20.9. The normalized spacial score (nSPS) is 54.4. The van der Waals surface area contributed by atoms with E-state index in [2.05, 4.69) is 34.6 Å². The van der Waals surface area contributed by atoms with Gasteiger partial charge < -0.3 is 70.0 Å². The van der Waals surface area contributed by atoms with Crippen molar-refractivity contribution in [1.82, 2.24) is 0 Å². The van der Waals surface area contributed by atoms with Crippen LogP contribution < -0.4 is 0 Å². The second-order valence-electron chi connectivity index (χ2n) is 20.7. The molecule has 0 aromatic heterocycles. The molecule has 14 nitrogen and oxygen atoms in total. The molecule has 0 unspecified atom stereocenters. The summed E-state index contributed by atoms with van der Waals surface area (Å²) in [6.07, 6.45) is -7.95. The third-order valence-electron chi connectivity index (χ3n) is 17.3. The Morgan fingerprint density at radius 1 is 0.782 bits per heavy atom. The standard InChI is InChI=1S/C41H70O14/c1-19(8-9-25(45)37(4,5)51)27-22(53-35-32(50)30(48)29(47)23(16-42)54-35)15-39(7)24-14-20(43)33-36(2,3)26(55-34-31(49)28(46)21(44)17-52-34)10-11-41(33)18-40(24,41)13-12-38(27,39)6/h19-35,42-51H,8-18H2,1-7H3/t19-,20+,21-,22+,23-,24+,25+,26+,27+,28+,29-,30+,31-,32-,33+,34+,35-,38-,39+,40+,41-/m1/s1. The molecule has 2 aliphatic heterocycles. The van der Waals surface area contributed by atoms with Crippen molar-refractivity contribution in [3.05, 3.63) is 0 Å². The van der Waals surface area contributed by atoms with E-state index in [9.17, 15) is 51.1 Å². The fraction of sp³-hybridized carbons (Fsp3) is 1.00. The number of fused-ring (bicyclic) bond motifs is 2. The number of ether oxygens (including phenoxy) is 4. The van der Waals surface area contributed by atoms with E-state index in [0.29, 0.717) is 32.1 Å². The van der Waals surface area contributed by atoms with Gasteiger partial charge in [0.05, 0.1) is 43.2 Å². The Hall–Kier alpha value is -0.560. The molecule has 318 valence electrons. The van der Waals surface area contributed by atoms with Crippen molar-refractivity contribution < 1.29 is 70.0 Å². The average Bonchev–Trinajstić information content (AvgIpc) is 3.69. The van der Waals surface area contributed by atoms with Crippen LogP contribution in [0.15, 0.2) is 0 Å². The Labute approximate surface area is 325 Å². The average molecular weight is 787 g/mol. The molecular weight excluding hydrogens is 716 g/mol. The van der Waals surface area contributed by atoms with E-state index in [1.807, 2.05) is 0 Å². The molecule has 0 radical (unpaired) electrons. The van der Waals surface area contributed by atoms with E-state index in [-0.39, 0.29) is 58.0 Å². The van der Waals surface area contributed by atoms with Crippen molar-refractivity contribution >= 4 is 0 Å². The topological polar surface area (TPSA) is 239 Å². The van der Waals surface area contributed by atoms with Crippen LogP contribution >= 0.6 is 0 Å². The van der Waals surface area contributed by atoms with Crippen LogP contribution in [0.5, 0.6) is 0 Å². The summed E-state index contributed by atoms with van der Waals surface area (Å²) in [5, 5.41) is 107. The summed E-state index contributed by atoms with van der Waals surface area (Å²) in [6, 6.07) is 0. The molecule has 7 aliphatic rings. The van der Waals surface area contributed by atoms with Crippen LogP contribution in [-0.2, 0) is 18.9 Å². The Kier molecular flexibility index (Phi) is 11.1. The molecule has 5 saturated carbocycles. The van der Waals surface area contributed by atoms with E-state index >= 15 is 0 Å². The van der Waals surface area contributed by atoms with Gasteiger partial charge in [-0.25, -0.2) is 0 Å². The van der Waals surface area contributed by atoms with Crippen LogP contribution in [0.2, 0.25) is 0 Å². The number of rotatable bonds is 10. The zero-order valence-electron chi connectivity index (χ0n) is 33.7. The highest BCUT2D eigenvalue weighted by atomic mass is 16.7. The second kappa shape index (κ2) is 14.3. The molecule has 0 bridgehead atoms. The van der Waals surface area contributed by atoms with Crippen LogP contribution in [0.3, 0.4) is 0 Å². The highest BCUT2D eigenvalue weighted by Crippen LogP contribution is 2.89. The predicted octanol–water partition coefficient (Wildman–Crippen LogP) is 0.564. The van der Waals surface area contributed by atoms with Gasteiger partial charge in [-0.2, -0.15) is 0 Å². The van der Waals surface area contributed by atoms with Crippen molar-refractivity contribution in [2.75, 3.05) is 13.2 Å². The van der Waals surface area contributed by atoms with Crippen molar-refractivity contribution in [3.63, 3.8) is 0 Å². The third-order valence-corrected chi connectivity index (χ3v) is 17.3. The molecule has 21 atom stereocenters. The van der Waals surface area contributed by atoms with Gasteiger partial charge in [0.15, 0.2) is 12.6 Å². The highest BCUT2D eigenvalue weighted by molar-refractivity contribution is 5.32. The lowest BCUT2D eigenvalue weighted by Gasteiger charge is -2.64. The summed E-state index contributed by atoms with van der Waals surface area (Å²) in [5.41, 5.74) is -2.55. The fourth-order valence-corrected chi connectivity index (χ4v) is 14.2. The molecule has 5 aliphatic carbocycles. The lowest BCUT2D eigenvalue weighted by atomic mass is 9.41. The molecule has 0 aromatic carbocycles. The lowest BCUT2D eigenvalue weighted by Crippen LogP contribution is -2.62. The molecule has 7 fully saturated rings. The van der Waals surface area contributed by atoms with Gasteiger partial charge in [0.2, 0.25) is 0 Å². The van der Waals surface area contributed by atoms with Crippen molar-refractivity contribution in [2.24, 2.45) is 50.7 Å². The first-order chi connectivity index (χ1) is 25.5. The quantitative estimate of drug-likeness (QED) is 0.136. The van der Waals surface area contributed by atoms with E-state index in [0.717, 1.165) is 25.7 Å². The largest absolute Gasteiger partial charge is 0.394 e. The summed E-state index contributed by atoms with van der Waals surface area (Å²) in [6.45, 7) is 13.6. The fourth-order valence-electron chi connectivity index (χ4n) is 14.2. The Morgan fingerprint density at radius 3 is 2.11 bits per heavy atom. The van der Waals surface area contributed by atoms with Gasteiger partial charge >= 0.3 is 0 Å². The maximum absolute atomic E-state index is 12.4. The predicted molar refractivity (Wildman–Crippen MR) is 196 cm³/mol. The van der Waals surface area contributed by atoms with Crippen LogP contribution in [0, 0.1) is 50.7 Å². The third kappa shape index (κ3) is 6.33. The zero-order chi connectivity index (χ0) is 40.4. The molecule has 2 saturated heterocycles. The monoisotopic (exact) mass is 786 g/mol. The molecule has 0 amide bonds. The van der Waals surface area contributed by atoms with Gasteiger partial charge in [-0.3, -0.25) is 0 Å². The van der Waals surface area contributed by atoms with Gasteiger partial charge in [0, 0.05) is 0 Å². The van der Waals surface area contributed by atoms with Crippen LogP contribution in [0.1, 0.15) is 106 Å². The molecular formula is C41H70O14. The Bertz CT molecular complexity index is 1390. The summed E-state index contributed by atoms with van der Waals surface area (Å²) in [4.78, 5) is 0. The second-order valence-corrected chi connectivity index (χ2v) is 20.7. The lowest BCUT2D eigenvalue weighted by molar-refractivity contribution is -0.315. The van der Waals surface area contributed by atoms with Crippen molar-refractivity contribution in [2.45, 2.75) is 192 Å². The minimum Gasteiger partial charge on any atom is -0.394 e. The van der Waals surface area contributed by atoms with Gasteiger partial charge in [0.1, 0.15) is 42.7 Å². The SMILES string of the molecule is C[C@H](CC[C@H](O)C(C)(C)O)[C@H]1[C@@H](O[C@@H]2O[C@H](CO)[C@@H](O)[C@H](O)[C@H]2O)C[C@@]2(C)[C@@H]3C[C@H](O)[C@H]4C(C)(C)[C@@H](O[C@@H]5OC[C@@H](O)[C@H](O)[C@H]5O)CC[C@@]45C[C@@]35CC[C@]12C. The molecule has 0 aromatic rings. The molecule has 55 heavy (non-hydrogen) atoms. The van der Waals surface area contributed by atoms with Gasteiger partial charge in [-0.15, -0.1) is 0 Å². The molecule has 14 heteroatoms. The number of hydrogen-bond donors (Lipinski definition) is 10. The minimum absolute atomic E-state index is 0.00527. The number of aliphatic hydroxyl groups is 10. The minimum atomic E-state index is -1.57. The van der Waals surface area contributed by atoms with E-state index in [1.54, 1.807) is 13.8 Å². The number of aliphatic hydroxyl groups excluding tert-OH is 9. The summed E-state index contributed by atoms with van der Waals surface area (Å²) < 4.78 is 24.7. The van der Waals surface area contributed by atoms with Crippen molar-refractivity contribution in [3.8, 4) is 0 Å². The smallest absolute Gasteiger partial charge is 0.186 e. The van der Waals surface area contributed by atoms with Crippen LogP contribution in [0.25, 0.3) is 0 Å². The van der Waals surface area contributed by atoms with E-state index in [4.69, 9.17) is 18.9 Å². The molecule has 10 N–H and O–H groups in total. The van der Waals surface area contributed by atoms with E-state index < -0.39 is 91.2 Å². The summed E-state index contributed by atoms with van der Waals surface area (Å²) in [5.74, 6) is -0.0267. The van der Waals surface area contributed by atoms with Gasteiger partial charge in [-0.05, 0) is 122 Å². The van der Waals surface area contributed by atoms with Crippen LogP contribution in [0.4, 0.5) is 0 Å². The first-order valence-electron chi connectivity index (χ1n) is 20.9. The molecule has 7 rings (SSSR count). The van der Waals surface area contributed by atoms with Gasteiger partial charge in [0.25, 0.3) is 0 Å². The Morgan fingerprint density at radius 2 is 1.45 bits per heavy atom. The first kappa shape index (κ1) is 42.6. The molecule has 2 heterocycles. The van der Waals surface area contributed by atoms with Crippen molar-refractivity contribution in [1.29, 1.82) is 0 Å². The number of hydrogen-bond acceptors (Lipinski definition) is 14. The van der Waals surface area contributed by atoms with Crippen LogP contribution in [-0.4, -0.2) is 150 Å².